The van der Waals surface area contributed by atoms with Gasteiger partial charge in [-0.2, -0.15) is 0 Å². The highest BCUT2D eigenvalue weighted by Gasteiger charge is 2.51. The highest BCUT2D eigenvalue weighted by atomic mass is 32.2. The zero-order valence-corrected chi connectivity index (χ0v) is 17.8. The number of carbonyl (C=O) groups is 1. The van der Waals surface area contributed by atoms with E-state index in [4.69, 9.17) is 9.92 Å². The Balaban J connectivity index is 1.77. The molecule has 3 rings (SSSR count). The van der Waals surface area contributed by atoms with Crippen LogP contribution in [-0.2, 0) is 8.98 Å². The molecule has 2 fully saturated rings. The molecule has 27 heavy (non-hydrogen) atoms. The second kappa shape index (κ2) is 9.15. The van der Waals surface area contributed by atoms with Gasteiger partial charge in [-0.05, 0) is 61.7 Å². The zero-order valence-electron chi connectivity index (χ0n) is 17.0. The molecule has 0 saturated heterocycles. The molecule has 2 saturated carbocycles. The average Bonchev–Trinajstić information content (AvgIpc) is 2.71. The summed E-state index contributed by atoms with van der Waals surface area (Å²) in [6.07, 6.45) is 10.6. The standard InChI is InChI=1S/C22H36N2O2S/c1-15-7-8-18(25)5-4-6-20-19(15)13-16(2)21-14-17(9-10-22(20,21)3)24-27-26-12-11-23/h14-15,19-21,24H,2,4-13,23H2,1,3H3. The van der Waals surface area contributed by atoms with Gasteiger partial charge in [0.1, 0.15) is 18.0 Å². The Morgan fingerprint density at radius 1 is 1.37 bits per heavy atom. The summed E-state index contributed by atoms with van der Waals surface area (Å²) in [4.78, 5) is 12.1. The van der Waals surface area contributed by atoms with Crippen molar-refractivity contribution in [1.29, 1.82) is 0 Å². The molecule has 0 spiro atoms. The van der Waals surface area contributed by atoms with Gasteiger partial charge < -0.3 is 10.5 Å². The maximum absolute atomic E-state index is 12.1. The summed E-state index contributed by atoms with van der Waals surface area (Å²) in [6.45, 7) is 10.5. The maximum Gasteiger partial charge on any atom is 0.132 e. The van der Waals surface area contributed by atoms with Crippen molar-refractivity contribution in [2.75, 3.05) is 13.2 Å². The van der Waals surface area contributed by atoms with Crippen molar-refractivity contribution < 1.29 is 8.98 Å². The lowest BCUT2D eigenvalue weighted by atomic mass is 9.50. The summed E-state index contributed by atoms with van der Waals surface area (Å²) in [5.41, 5.74) is 8.37. The summed E-state index contributed by atoms with van der Waals surface area (Å²) in [5.74, 6) is 2.86. The van der Waals surface area contributed by atoms with Crippen LogP contribution >= 0.6 is 12.2 Å². The normalized spacial score (nSPS) is 37.4. The first-order valence-corrected chi connectivity index (χ1v) is 11.3. The number of fused-ring (bicyclic) bond motifs is 3. The van der Waals surface area contributed by atoms with Crippen LogP contribution in [-0.4, -0.2) is 18.9 Å². The second-order valence-corrected chi connectivity index (χ2v) is 9.66. The Hall–Kier alpha value is -0.780. The number of carbonyl (C=O) groups excluding carboxylic acids is 1. The fourth-order valence-corrected chi connectivity index (χ4v) is 6.26. The van der Waals surface area contributed by atoms with Crippen LogP contribution < -0.4 is 10.5 Å². The van der Waals surface area contributed by atoms with Gasteiger partial charge in [-0.25, -0.2) is 0 Å². The molecule has 0 aromatic carbocycles. The van der Waals surface area contributed by atoms with Gasteiger partial charge in [0.05, 0.1) is 6.61 Å². The van der Waals surface area contributed by atoms with Gasteiger partial charge >= 0.3 is 0 Å². The number of hydrogen-bond donors (Lipinski definition) is 2. The molecule has 5 unspecified atom stereocenters. The number of nitrogens with two attached hydrogens (primary N) is 1. The van der Waals surface area contributed by atoms with E-state index in [9.17, 15) is 4.79 Å². The minimum absolute atomic E-state index is 0.260. The van der Waals surface area contributed by atoms with Crippen molar-refractivity contribution in [3.8, 4) is 0 Å². The Bertz CT molecular complexity index is 591. The fourth-order valence-electron chi connectivity index (χ4n) is 5.74. The Morgan fingerprint density at radius 3 is 2.96 bits per heavy atom. The van der Waals surface area contributed by atoms with Gasteiger partial charge in [0.25, 0.3) is 0 Å². The predicted molar refractivity (Wildman–Crippen MR) is 113 cm³/mol. The van der Waals surface area contributed by atoms with Crippen LogP contribution in [0, 0.1) is 29.1 Å². The van der Waals surface area contributed by atoms with E-state index in [0.29, 0.717) is 42.6 Å². The van der Waals surface area contributed by atoms with Crippen LogP contribution in [0.15, 0.2) is 23.9 Å². The molecule has 4 nitrogen and oxygen atoms in total. The van der Waals surface area contributed by atoms with Gasteiger partial charge in [0.2, 0.25) is 0 Å². The predicted octanol–water partition coefficient (Wildman–Crippen LogP) is 4.78. The molecular formula is C22H36N2O2S. The Morgan fingerprint density at radius 2 is 2.19 bits per heavy atom. The molecule has 0 aromatic rings. The third-order valence-electron chi connectivity index (χ3n) is 7.33. The van der Waals surface area contributed by atoms with Gasteiger partial charge in [-0.1, -0.05) is 32.1 Å². The van der Waals surface area contributed by atoms with E-state index < -0.39 is 0 Å². The van der Waals surface area contributed by atoms with Crippen LogP contribution in [0.4, 0.5) is 0 Å². The molecule has 0 bridgehead atoms. The van der Waals surface area contributed by atoms with Crippen molar-refractivity contribution in [2.45, 2.75) is 65.2 Å². The van der Waals surface area contributed by atoms with Gasteiger partial charge in [0.15, 0.2) is 0 Å². The third kappa shape index (κ3) is 4.63. The summed E-state index contributed by atoms with van der Waals surface area (Å²) in [5, 5.41) is 0. The smallest absolute Gasteiger partial charge is 0.132 e. The van der Waals surface area contributed by atoms with E-state index in [0.717, 1.165) is 38.5 Å². The largest absolute Gasteiger partial charge is 0.328 e. The number of allylic oxidation sites excluding steroid dienone is 3. The molecule has 0 aliphatic heterocycles. The van der Waals surface area contributed by atoms with E-state index in [2.05, 4.69) is 31.2 Å². The lowest BCUT2D eigenvalue weighted by Crippen LogP contribution is -2.47. The summed E-state index contributed by atoms with van der Waals surface area (Å²) < 4.78 is 8.77. The summed E-state index contributed by atoms with van der Waals surface area (Å²) in [6, 6.07) is 0. The first-order chi connectivity index (χ1) is 13.0. The highest BCUT2D eigenvalue weighted by Crippen LogP contribution is 2.59. The van der Waals surface area contributed by atoms with Crippen molar-refractivity contribution >= 4 is 18.0 Å². The molecule has 0 heterocycles. The zero-order chi connectivity index (χ0) is 19.4. The number of rotatable bonds is 5. The summed E-state index contributed by atoms with van der Waals surface area (Å²) >= 11 is 1.29. The molecule has 152 valence electrons. The third-order valence-corrected chi connectivity index (χ3v) is 7.96. The van der Waals surface area contributed by atoms with Gasteiger partial charge in [-0.3, -0.25) is 8.98 Å². The topological polar surface area (TPSA) is 64.3 Å². The molecule has 5 atom stereocenters. The first kappa shape index (κ1) is 20.9. The van der Waals surface area contributed by atoms with Crippen molar-refractivity contribution in [3.63, 3.8) is 0 Å². The molecule has 0 radical (unpaired) electrons. The van der Waals surface area contributed by atoms with Gasteiger partial charge in [-0.15, -0.1) is 0 Å². The second-order valence-electron chi connectivity index (χ2n) is 9.05. The summed E-state index contributed by atoms with van der Waals surface area (Å²) in [7, 11) is 0. The average molecular weight is 393 g/mol. The molecule has 3 aliphatic rings. The van der Waals surface area contributed by atoms with E-state index in [-0.39, 0.29) is 5.41 Å². The molecule has 3 aliphatic carbocycles. The van der Waals surface area contributed by atoms with Crippen LogP contribution in [0.1, 0.15) is 65.2 Å². The number of Topliss-reactive ketones (excluding diaryl/α,β-unsaturated/α-hetero) is 1. The van der Waals surface area contributed by atoms with Crippen molar-refractivity contribution in [2.24, 2.45) is 34.8 Å². The minimum atomic E-state index is 0.260. The van der Waals surface area contributed by atoms with Crippen molar-refractivity contribution in [1.82, 2.24) is 4.72 Å². The molecule has 5 heteroatoms. The molecular weight excluding hydrogens is 356 g/mol. The molecule has 3 N–H and O–H groups in total. The van der Waals surface area contributed by atoms with Crippen LogP contribution in [0.3, 0.4) is 0 Å². The van der Waals surface area contributed by atoms with Crippen LogP contribution in [0.2, 0.25) is 0 Å². The lowest BCUT2D eigenvalue weighted by molar-refractivity contribution is -0.119. The molecule has 0 aromatic heterocycles. The first-order valence-electron chi connectivity index (χ1n) is 10.6. The SMILES string of the molecule is C=C1CC2C(C)CCC(=O)CCCC2C2(C)CCC(NSOCCN)=CC12. The number of nitrogens with one attached hydrogen (secondary N) is 1. The highest BCUT2D eigenvalue weighted by molar-refractivity contribution is 7.92. The monoisotopic (exact) mass is 392 g/mol. The van der Waals surface area contributed by atoms with E-state index in [1.165, 1.54) is 36.3 Å². The lowest BCUT2D eigenvalue weighted by Gasteiger charge is -2.55. The Kier molecular flexibility index (Phi) is 7.09. The van der Waals surface area contributed by atoms with E-state index >= 15 is 0 Å². The Labute approximate surface area is 169 Å². The maximum atomic E-state index is 12.1. The number of hydrogen-bond acceptors (Lipinski definition) is 5. The quantitative estimate of drug-likeness (QED) is 0.305. The van der Waals surface area contributed by atoms with E-state index in [1.54, 1.807) is 0 Å². The number of ketones is 1. The van der Waals surface area contributed by atoms with Crippen LogP contribution in [0.5, 0.6) is 0 Å². The minimum Gasteiger partial charge on any atom is -0.328 e. The fraction of sp³-hybridized carbons (Fsp3) is 0.773. The molecule has 0 amide bonds. The van der Waals surface area contributed by atoms with Gasteiger partial charge in [0, 0.05) is 31.0 Å². The van der Waals surface area contributed by atoms with E-state index in [1.807, 2.05) is 0 Å². The van der Waals surface area contributed by atoms with Crippen molar-refractivity contribution in [3.05, 3.63) is 23.9 Å². The van der Waals surface area contributed by atoms with Crippen LogP contribution in [0.25, 0.3) is 0 Å².